The van der Waals surface area contributed by atoms with Crippen LogP contribution in [0.5, 0.6) is 0 Å². The van der Waals surface area contributed by atoms with E-state index in [9.17, 15) is 8.42 Å². The van der Waals surface area contributed by atoms with Crippen molar-refractivity contribution in [1.29, 1.82) is 0 Å². The van der Waals surface area contributed by atoms with Crippen molar-refractivity contribution in [3.63, 3.8) is 0 Å². The quantitative estimate of drug-likeness (QED) is 0.717. The summed E-state index contributed by atoms with van der Waals surface area (Å²) in [6, 6.07) is 10.5. The number of imidazole rings is 1. The first-order valence-electron chi connectivity index (χ1n) is 8.62. The minimum absolute atomic E-state index is 0.136. The van der Waals surface area contributed by atoms with Crippen LogP contribution in [0, 0.1) is 0 Å². The molecule has 0 spiro atoms. The molecule has 27 heavy (non-hydrogen) atoms. The van der Waals surface area contributed by atoms with E-state index in [2.05, 4.69) is 14.8 Å². The molecule has 7 nitrogen and oxygen atoms in total. The SMILES string of the molecule is NS(=O)(=O)c1ccc(N2CCN(Cc3cn4cc(Cl)ccc4n3)CC2)cc1. The number of anilines is 1. The molecule has 9 heteroatoms. The number of rotatable bonds is 4. The van der Waals surface area contributed by atoms with E-state index in [0.717, 1.165) is 49.8 Å². The molecule has 142 valence electrons. The van der Waals surface area contributed by atoms with E-state index >= 15 is 0 Å². The lowest BCUT2D eigenvalue weighted by Crippen LogP contribution is -2.46. The molecule has 1 saturated heterocycles. The van der Waals surface area contributed by atoms with Crippen molar-refractivity contribution in [3.05, 3.63) is 59.5 Å². The molecule has 0 saturated carbocycles. The zero-order valence-electron chi connectivity index (χ0n) is 14.6. The van der Waals surface area contributed by atoms with Crippen LogP contribution in [0.4, 0.5) is 5.69 Å². The summed E-state index contributed by atoms with van der Waals surface area (Å²) in [7, 11) is -3.65. The lowest BCUT2D eigenvalue weighted by atomic mass is 10.2. The first kappa shape index (κ1) is 18.2. The maximum atomic E-state index is 11.4. The number of nitrogens with two attached hydrogens (primary N) is 1. The first-order valence-corrected chi connectivity index (χ1v) is 10.5. The van der Waals surface area contributed by atoms with Gasteiger partial charge in [0.05, 0.1) is 15.6 Å². The number of piperazine rings is 1. The summed E-state index contributed by atoms with van der Waals surface area (Å²) >= 11 is 6.02. The predicted molar refractivity (Wildman–Crippen MR) is 106 cm³/mol. The molecule has 0 amide bonds. The summed E-state index contributed by atoms with van der Waals surface area (Å²) in [5, 5.41) is 5.84. The minimum atomic E-state index is -3.65. The fourth-order valence-electron chi connectivity index (χ4n) is 3.33. The van der Waals surface area contributed by atoms with E-state index in [0.29, 0.717) is 5.02 Å². The third-order valence-corrected chi connectivity index (χ3v) is 5.91. The highest BCUT2D eigenvalue weighted by molar-refractivity contribution is 7.89. The van der Waals surface area contributed by atoms with Gasteiger partial charge in [-0.1, -0.05) is 11.6 Å². The highest BCUT2D eigenvalue weighted by Gasteiger charge is 2.19. The topological polar surface area (TPSA) is 83.9 Å². The summed E-state index contributed by atoms with van der Waals surface area (Å²) in [6.07, 6.45) is 3.87. The smallest absolute Gasteiger partial charge is 0.238 e. The van der Waals surface area contributed by atoms with Crippen molar-refractivity contribution in [2.45, 2.75) is 11.4 Å². The van der Waals surface area contributed by atoms with Gasteiger partial charge >= 0.3 is 0 Å². The predicted octanol–water partition coefficient (Wildman–Crippen LogP) is 1.96. The number of halogens is 1. The van der Waals surface area contributed by atoms with Crippen molar-refractivity contribution < 1.29 is 8.42 Å². The Morgan fingerprint density at radius 1 is 1.00 bits per heavy atom. The van der Waals surface area contributed by atoms with Gasteiger partial charge in [-0.25, -0.2) is 18.5 Å². The Balaban J connectivity index is 1.38. The van der Waals surface area contributed by atoms with Crippen LogP contribution in [-0.4, -0.2) is 48.9 Å². The Morgan fingerprint density at radius 2 is 1.70 bits per heavy atom. The number of aromatic nitrogens is 2. The van der Waals surface area contributed by atoms with Crippen molar-refractivity contribution in [1.82, 2.24) is 14.3 Å². The molecule has 3 aromatic rings. The molecule has 3 heterocycles. The normalized spacial score (nSPS) is 16.1. The van der Waals surface area contributed by atoms with Crippen molar-refractivity contribution in [2.24, 2.45) is 5.14 Å². The third kappa shape index (κ3) is 4.08. The van der Waals surface area contributed by atoms with Gasteiger partial charge in [0.1, 0.15) is 5.65 Å². The van der Waals surface area contributed by atoms with Crippen LogP contribution in [0.15, 0.2) is 53.7 Å². The van der Waals surface area contributed by atoms with Crippen molar-refractivity contribution in [3.8, 4) is 0 Å². The van der Waals surface area contributed by atoms with Crippen LogP contribution < -0.4 is 10.0 Å². The Kier molecular flexibility index (Phi) is 4.81. The van der Waals surface area contributed by atoms with Gasteiger partial charge in [-0.05, 0) is 36.4 Å². The molecular formula is C18H20ClN5O2S. The van der Waals surface area contributed by atoms with Crippen molar-refractivity contribution >= 4 is 33.0 Å². The van der Waals surface area contributed by atoms with Crippen molar-refractivity contribution in [2.75, 3.05) is 31.1 Å². The number of benzene rings is 1. The number of hydrogen-bond donors (Lipinski definition) is 1. The minimum Gasteiger partial charge on any atom is -0.369 e. The molecule has 2 aromatic heterocycles. The monoisotopic (exact) mass is 405 g/mol. The molecule has 1 fully saturated rings. The molecule has 2 N–H and O–H groups in total. The number of sulfonamides is 1. The van der Waals surface area contributed by atoms with E-state index in [1.165, 1.54) is 0 Å². The van der Waals surface area contributed by atoms with E-state index in [4.69, 9.17) is 16.7 Å². The average Bonchev–Trinajstić information content (AvgIpc) is 3.03. The van der Waals surface area contributed by atoms with Crippen LogP contribution in [0.1, 0.15) is 5.69 Å². The second-order valence-corrected chi connectivity index (χ2v) is 8.64. The molecule has 0 bridgehead atoms. The number of primary sulfonamides is 1. The second kappa shape index (κ2) is 7.12. The van der Waals surface area contributed by atoms with Gasteiger partial charge in [0, 0.05) is 50.8 Å². The third-order valence-electron chi connectivity index (χ3n) is 4.75. The summed E-state index contributed by atoms with van der Waals surface area (Å²) in [5.41, 5.74) is 2.91. The van der Waals surface area contributed by atoms with Gasteiger partial charge in [0.25, 0.3) is 0 Å². The van der Waals surface area contributed by atoms with Crippen LogP contribution in [0.25, 0.3) is 5.65 Å². The van der Waals surface area contributed by atoms with Gasteiger partial charge in [0.2, 0.25) is 10.0 Å². The number of nitrogens with zero attached hydrogens (tertiary/aromatic N) is 4. The Hall–Kier alpha value is -2.13. The molecule has 1 aliphatic heterocycles. The van der Waals surface area contributed by atoms with Crippen LogP contribution >= 0.6 is 11.6 Å². The summed E-state index contributed by atoms with van der Waals surface area (Å²) in [5.74, 6) is 0. The maximum absolute atomic E-state index is 11.4. The van der Waals surface area contributed by atoms with Gasteiger partial charge in [-0.15, -0.1) is 0 Å². The summed E-state index contributed by atoms with van der Waals surface area (Å²) < 4.78 is 24.7. The lowest BCUT2D eigenvalue weighted by molar-refractivity contribution is 0.247. The van der Waals surface area contributed by atoms with Gasteiger partial charge < -0.3 is 9.30 Å². The number of hydrogen-bond acceptors (Lipinski definition) is 5. The highest BCUT2D eigenvalue weighted by atomic mass is 35.5. The van der Waals surface area contributed by atoms with E-state index in [1.54, 1.807) is 24.3 Å². The fourth-order valence-corrected chi connectivity index (χ4v) is 4.02. The molecule has 0 unspecified atom stereocenters. The molecule has 4 rings (SSSR count). The summed E-state index contributed by atoms with van der Waals surface area (Å²) in [4.78, 5) is 9.38. The molecule has 0 aliphatic carbocycles. The zero-order chi connectivity index (χ0) is 19.0. The molecular weight excluding hydrogens is 386 g/mol. The molecule has 1 aliphatic rings. The number of pyridine rings is 1. The maximum Gasteiger partial charge on any atom is 0.238 e. The second-order valence-electron chi connectivity index (χ2n) is 6.65. The van der Waals surface area contributed by atoms with Gasteiger partial charge in [0.15, 0.2) is 0 Å². The summed E-state index contributed by atoms with van der Waals surface area (Å²) in [6.45, 7) is 4.34. The van der Waals surface area contributed by atoms with Crippen LogP contribution in [0.2, 0.25) is 5.02 Å². The van der Waals surface area contributed by atoms with Crippen LogP contribution in [0.3, 0.4) is 0 Å². The van der Waals surface area contributed by atoms with Gasteiger partial charge in [-0.3, -0.25) is 4.90 Å². The Labute approximate surface area is 163 Å². The fraction of sp³-hybridized carbons (Fsp3) is 0.278. The lowest BCUT2D eigenvalue weighted by Gasteiger charge is -2.35. The van der Waals surface area contributed by atoms with E-state index < -0.39 is 10.0 Å². The Bertz CT molecular complexity index is 1060. The molecule has 0 radical (unpaired) electrons. The average molecular weight is 406 g/mol. The zero-order valence-corrected chi connectivity index (χ0v) is 16.2. The highest BCUT2D eigenvalue weighted by Crippen LogP contribution is 2.20. The van der Waals surface area contributed by atoms with Gasteiger partial charge in [-0.2, -0.15) is 0 Å². The van der Waals surface area contributed by atoms with E-state index in [-0.39, 0.29) is 4.90 Å². The molecule has 1 aromatic carbocycles. The number of fused-ring (bicyclic) bond motifs is 1. The van der Waals surface area contributed by atoms with Crippen LogP contribution in [-0.2, 0) is 16.6 Å². The van der Waals surface area contributed by atoms with E-state index in [1.807, 2.05) is 28.9 Å². The largest absolute Gasteiger partial charge is 0.369 e. The standard InChI is InChI=1S/C18H20ClN5O2S/c19-14-1-6-18-21-15(13-24(18)11-14)12-22-7-9-23(10-8-22)16-2-4-17(5-3-16)27(20,25)26/h1-6,11,13H,7-10,12H2,(H2,20,25,26). The Morgan fingerprint density at radius 3 is 2.37 bits per heavy atom. The molecule has 0 atom stereocenters. The first-order chi connectivity index (χ1) is 12.9.